The maximum atomic E-state index is 11.0. The van der Waals surface area contributed by atoms with Gasteiger partial charge in [-0.05, 0) is 20.8 Å². The second kappa shape index (κ2) is 6.37. The molecule has 0 heterocycles. The second-order valence-electron chi connectivity index (χ2n) is 3.67. The predicted molar refractivity (Wildman–Crippen MR) is 51.1 cm³/mol. The smallest absolute Gasteiger partial charge is 0.407 e. The molecule has 0 aliphatic carbocycles. The number of carbonyl (C=O) groups excluding carboxylic acids is 2. The Labute approximate surface area is 83.8 Å². The summed E-state index contributed by atoms with van der Waals surface area (Å²) in [5, 5.41) is 2.50. The Hall–Kier alpha value is -1.10. The van der Waals surface area contributed by atoms with Gasteiger partial charge in [0.1, 0.15) is 18.5 Å². The van der Waals surface area contributed by atoms with Crippen molar-refractivity contribution in [3.63, 3.8) is 0 Å². The van der Waals surface area contributed by atoms with E-state index in [1.54, 1.807) is 20.8 Å². The van der Waals surface area contributed by atoms with Gasteiger partial charge in [0.05, 0.1) is 6.61 Å². The molecular formula is C9H17NO4. The molecule has 5 heteroatoms. The molecule has 0 atom stereocenters. The summed E-state index contributed by atoms with van der Waals surface area (Å²) in [4.78, 5) is 20.9. The van der Waals surface area contributed by atoms with Crippen molar-refractivity contribution >= 4 is 12.4 Å². The van der Waals surface area contributed by atoms with Crippen LogP contribution in [-0.4, -0.2) is 37.7 Å². The van der Waals surface area contributed by atoms with Gasteiger partial charge >= 0.3 is 6.09 Å². The highest BCUT2D eigenvalue weighted by molar-refractivity contribution is 5.67. The van der Waals surface area contributed by atoms with Crippen LogP contribution in [0.1, 0.15) is 20.8 Å². The van der Waals surface area contributed by atoms with Gasteiger partial charge in [0.25, 0.3) is 0 Å². The highest BCUT2D eigenvalue weighted by Gasteiger charge is 2.15. The fraction of sp³-hybridized carbons (Fsp3) is 0.778. The summed E-state index contributed by atoms with van der Waals surface area (Å²) >= 11 is 0. The molecular weight excluding hydrogens is 186 g/mol. The largest absolute Gasteiger partial charge is 0.444 e. The number of carbonyl (C=O) groups is 2. The van der Waals surface area contributed by atoms with E-state index in [0.717, 1.165) is 0 Å². The molecule has 0 bridgehead atoms. The van der Waals surface area contributed by atoms with Gasteiger partial charge in [0.2, 0.25) is 0 Å². The summed E-state index contributed by atoms with van der Waals surface area (Å²) in [5.41, 5.74) is -0.492. The van der Waals surface area contributed by atoms with Crippen molar-refractivity contribution in [2.75, 3.05) is 19.8 Å². The third-order valence-corrected chi connectivity index (χ3v) is 1.10. The Balaban J connectivity index is 3.41. The van der Waals surface area contributed by atoms with Crippen molar-refractivity contribution in [1.29, 1.82) is 0 Å². The van der Waals surface area contributed by atoms with Gasteiger partial charge in [0.15, 0.2) is 0 Å². The van der Waals surface area contributed by atoms with Crippen LogP contribution in [0.4, 0.5) is 4.79 Å². The van der Waals surface area contributed by atoms with Crippen LogP contribution in [0.25, 0.3) is 0 Å². The highest BCUT2D eigenvalue weighted by atomic mass is 16.6. The zero-order valence-corrected chi connectivity index (χ0v) is 8.83. The summed E-state index contributed by atoms with van der Waals surface area (Å²) in [5.74, 6) is 0. The van der Waals surface area contributed by atoms with Crippen LogP contribution in [0.3, 0.4) is 0 Å². The van der Waals surface area contributed by atoms with Gasteiger partial charge in [-0.25, -0.2) is 4.79 Å². The van der Waals surface area contributed by atoms with E-state index >= 15 is 0 Å². The van der Waals surface area contributed by atoms with Crippen LogP contribution in [-0.2, 0) is 14.3 Å². The molecule has 0 aliphatic rings. The number of nitrogens with one attached hydrogen (secondary N) is 1. The first-order valence-corrected chi connectivity index (χ1v) is 4.44. The van der Waals surface area contributed by atoms with E-state index in [9.17, 15) is 9.59 Å². The van der Waals surface area contributed by atoms with Crippen molar-refractivity contribution in [2.45, 2.75) is 26.4 Å². The summed E-state index contributed by atoms with van der Waals surface area (Å²) in [7, 11) is 0. The van der Waals surface area contributed by atoms with Gasteiger partial charge in [-0.2, -0.15) is 0 Å². The number of rotatable bonds is 5. The van der Waals surface area contributed by atoms with Crippen LogP contribution < -0.4 is 5.32 Å². The number of hydrogen-bond donors (Lipinski definition) is 1. The number of ether oxygens (including phenoxy) is 2. The van der Waals surface area contributed by atoms with Gasteiger partial charge in [-0.3, -0.25) is 0 Å². The lowest BCUT2D eigenvalue weighted by Gasteiger charge is -2.19. The Morgan fingerprint density at radius 1 is 1.43 bits per heavy atom. The molecule has 1 amide bonds. The van der Waals surface area contributed by atoms with Gasteiger partial charge in [-0.1, -0.05) is 0 Å². The minimum Gasteiger partial charge on any atom is -0.444 e. The summed E-state index contributed by atoms with van der Waals surface area (Å²) in [6, 6.07) is 0. The molecule has 0 aromatic heterocycles. The van der Waals surface area contributed by atoms with Crippen LogP contribution in [0.15, 0.2) is 0 Å². The zero-order chi connectivity index (χ0) is 11.0. The van der Waals surface area contributed by atoms with E-state index in [1.807, 2.05) is 0 Å². The maximum absolute atomic E-state index is 11.0. The molecule has 0 aliphatic heterocycles. The van der Waals surface area contributed by atoms with Gasteiger partial charge in [0, 0.05) is 6.54 Å². The molecule has 82 valence electrons. The second-order valence-corrected chi connectivity index (χ2v) is 3.67. The first kappa shape index (κ1) is 12.9. The highest BCUT2D eigenvalue weighted by Crippen LogP contribution is 2.05. The third-order valence-electron chi connectivity index (χ3n) is 1.10. The number of alkyl carbamates (subject to hydrolysis) is 1. The first-order chi connectivity index (χ1) is 6.45. The first-order valence-electron chi connectivity index (χ1n) is 4.44. The molecule has 0 unspecified atom stereocenters. The van der Waals surface area contributed by atoms with Crippen LogP contribution in [0.5, 0.6) is 0 Å². The van der Waals surface area contributed by atoms with Crippen LogP contribution in [0, 0.1) is 0 Å². The Bertz CT molecular complexity index is 186. The topological polar surface area (TPSA) is 64.6 Å². The SMILES string of the molecule is CC(C)(C)OC(=O)NCCOCC=O. The molecule has 0 rings (SSSR count). The number of amides is 1. The molecule has 0 saturated heterocycles. The van der Waals surface area contributed by atoms with E-state index in [0.29, 0.717) is 19.4 Å². The van der Waals surface area contributed by atoms with Crippen molar-refractivity contribution in [1.82, 2.24) is 5.32 Å². The summed E-state index contributed by atoms with van der Waals surface area (Å²) < 4.78 is 9.79. The fourth-order valence-electron chi connectivity index (χ4n) is 0.671. The molecule has 1 N–H and O–H groups in total. The third kappa shape index (κ3) is 8.99. The average Bonchev–Trinajstić information content (AvgIpc) is 2.00. The molecule has 0 saturated carbocycles. The standard InChI is InChI=1S/C9H17NO4/c1-9(2,3)14-8(12)10-4-6-13-7-5-11/h5H,4,6-7H2,1-3H3,(H,10,12). The fourth-order valence-corrected chi connectivity index (χ4v) is 0.671. The lowest BCUT2D eigenvalue weighted by atomic mass is 10.2. The van der Waals surface area contributed by atoms with E-state index < -0.39 is 11.7 Å². The van der Waals surface area contributed by atoms with E-state index in [2.05, 4.69) is 5.32 Å². The van der Waals surface area contributed by atoms with Crippen molar-refractivity contribution < 1.29 is 19.1 Å². The zero-order valence-electron chi connectivity index (χ0n) is 8.83. The molecule has 0 radical (unpaired) electrons. The average molecular weight is 203 g/mol. The summed E-state index contributed by atoms with van der Waals surface area (Å²) in [6.45, 7) is 6.05. The van der Waals surface area contributed by atoms with E-state index in [1.165, 1.54) is 0 Å². The molecule has 0 fully saturated rings. The van der Waals surface area contributed by atoms with E-state index in [-0.39, 0.29) is 6.61 Å². The quantitative estimate of drug-likeness (QED) is 0.528. The molecule has 0 aromatic carbocycles. The molecule has 5 nitrogen and oxygen atoms in total. The Morgan fingerprint density at radius 2 is 2.07 bits per heavy atom. The monoisotopic (exact) mass is 203 g/mol. The lowest BCUT2D eigenvalue weighted by molar-refractivity contribution is -0.111. The van der Waals surface area contributed by atoms with Crippen LogP contribution >= 0.6 is 0 Å². The van der Waals surface area contributed by atoms with E-state index in [4.69, 9.17) is 9.47 Å². The Kier molecular flexibility index (Phi) is 5.87. The van der Waals surface area contributed by atoms with Gasteiger partial charge < -0.3 is 19.6 Å². The summed E-state index contributed by atoms with van der Waals surface area (Å²) in [6.07, 6.45) is 0.181. The molecule has 0 spiro atoms. The minimum absolute atomic E-state index is 0.0516. The molecule has 14 heavy (non-hydrogen) atoms. The molecule has 0 aromatic rings. The van der Waals surface area contributed by atoms with Crippen LogP contribution in [0.2, 0.25) is 0 Å². The Morgan fingerprint density at radius 3 is 2.57 bits per heavy atom. The lowest BCUT2D eigenvalue weighted by Crippen LogP contribution is -2.34. The number of aldehydes is 1. The minimum atomic E-state index is -0.492. The van der Waals surface area contributed by atoms with Crippen molar-refractivity contribution in [3.05, 3.63) is 0 Å². The van der Waals surface area contributed by atoms with Crippen molar-refractivity contribution in [2.24, 2.45) is 0 Å². The maximum Gasteiger partial charge on any atom is 0.407 e. The predicted octanol–water partition coefficient (Wildman–Crippen LogP) is 0.727. The number of hydrogen-bond acceptors (Lipinski definition) is 4. The van der Waals surface area contributed by atoms with Crippen molar-refractivity contribution in [3.8, 4) is 0 Å². The normalized spacial score (nSPS) is 10.8. The van der Waals surface area contributed by atoms with Gasteiger partial charge in [-0.15, -0.1) is 0 Å².